The van der Waals surface area contributed by atoms with E-state index in [2.05, 4.69) is 23.6 Å². The molecule has 0 radical (unpaired) electrons. The lowest BCUT2D eigenvalue weighted by Gasteiger charge is -2.06. The molecule has 0 spiro atoms. The van der Waals surface area contributed by atoms with Crippen LogP contribution in [0.1, 0.15) is 19.8 Å². The van der Waals surface area contributed by atoms with E-state index in [1.807, 2.05) is 24.3 Å². The molecule has 3 heteroatoms. The number of rotatable bonds is 3. The first-order chi connectivity index (χ1) is 9.20. The van der Waals surface area contributed by atoms with Crippen LogP contribution in [0.15, 0.2) is 36.4 Å². The summed E-state index contributed by atoms with van der Waals surface area (Å²) >= 11 is 0. The number of nitrogen functional groups attached to an aromatic ring is 2. The van der Waals surface area contributed by atoms with Crippen molar-refractivity contribution in [2.24, 2.45) is 0 Å². The lowest BCUT2D eigenvalue weighted by molar-refractivity contribution is 0.665. The van der Waals surface area contributed by atoms with Crippen LogP contribution in [0.3, 0.4) is 0 Å². The van der Waals surface area contributed by atoms with Crippen LogP contribution < -0.4 is 11.5 Å². The molecule has 98 valence electrons. The standard InChI is InChI=1S/C16H19N3/c1-2-3-8-19-15-6-4-11(17)9-13(15)14-10-12(18)5-7-16(14)19/h4-7,9-10H,2-3,8,17-18H2,1H3. The van der Waals surface area contributed by atoms with Gasteiger partial charge in [-0.25, -0.2) is 0 Å². The largest absolute Gasteiger partial charge is 0.399 e. The molecule has 1 heterocycles. The molecule has 0 amide bonds. The van der Waals surface area contributed by atoms with E-state index < -0.39 is 0 Å². The molecule has 3 aromatic rings. The number of hydrogen-bond acceptors (Lipinski definition) is 2. The zero-order chi connectivity index (χ0) is 13.4. The minimum Gasteiger partial charge on any atom is -0.399 e. The highest BCUT2D eigenvalue weighted by Gasteiger charge is 2.10. The number of nitrogens with zero attached hydrogens (tertiary/aromatic N) is 1. The van der Waals surface area contributed by atoms with Gasteiger partial charge in [0, 0.05) is 39.7 Å². The minimum absolute atomic E-state index is 0.796. The topological polar surface area (TPSA) is 57.0 Å². The van der Waals surface area contributed by atoms with E-state index in [0.717, 1.165) is 17.9 Å². The van der Waals surface area contributed by atoms with E-state index in [-0.39, 0.29) is 0 Å². The van der Waals surface area contributed by atoms with Crippen LogP contribution in [0.5, 0.6) is 0 Å². The van der Waals surface area contributed by atoms with Gasteiger partial charge in [0.05, 0.1) is 0 Å². The molecule has 0 aliphatic rings. The summed E-state index contributed by atoms with van der Waals surface area (Å²) in [6, 6.07) is 12.2. The number of hydrogen-bond donors (Lipinski definition) is 2. The molecule has 0 aliphatic heterocycles. The highest BCUT2D eigenvalue weighted by atomic mass is 15.0. The molecular weight excluding hydrogens is 234 g/mol. The van der Waals surface area contributed by atoms with Crippen molar-refractivity contribution < 1.29 is 0 Å². The Morgan fingerprint density at radius 3 is 1.89 bits per heavy atom. The maximum Gasteiger partial charge on any atom is 0.0492 e. The number of aromatic nitrogens is 1. The van der Waals surface area contributed by atoms with Crippen molar-refractivity contribution in [3.63, 3.8) is 0 Å². The lowest BCUT2D eigenvalue weighted by atomic mass is 10.1. The quantitative estimate of drug-likeness (QED) is 0.698. The Bertz CT molecular complexity index is 681. The number of fused-ring (bicyclic) bond motifs is 3. The number of nitrogens with two attached hydrogens (primary N) is 2. The van der Waals surface area contributed by atoms with E-state index >= 15 is 0 Å². The van der Waals surface area contributed by atoms with Gasteiger partial charge in [0.1, 0.15) is 0 Å². The number of aryl methyl sites for hydroxylation is 1. The van der Waals surface area contributed by atoms with Crippen LogP contribution in [0.2, 0.25) is 0 Å². The first-order valence-electron chi connectivity index (χ1n) is 6.77. The van der Waals surface area contributed by atoms with Crippen molar-refractivity contribution in [1.82, 2.24) is 4.57 Å². The molecule has 0 atom stereocenters. The van der Waals surface area contributed by atoms with Gasteiger partial charge in [-0.05, 0) is 42.8 Å². The van der Waals surface area contributed by atoms with Gasteiger partial charge >= 0.3 is 0 Å². The molecule has 0 saturated heterocycles. The highest BCUT2D eigenvalue weighted by molar-refractivity contribution is 6.09. The Balaban J connectivity index is 2.36. The third kappa shape index (κ3) is 1.91. The van der Waals surface area contributed by atoms with Crippen molar-refractivity contribution in [2.45, 2.75) is 26.3 Å². The molecule has 4 N–H and O–H groups in total. The Kier molecular flexibility index (Phi) is 2.82. The fourth-order valence-electron chi connectivity index (χ4n) is 2.70. The Morgan fingerprint density at radius 1 is 0.895 bits per heavy atom. The molecule has 2 aromatic carbocycles. The Labute approximate surface area is 112 Å². The lowest BCUT2D eigenvalue weighted by Crippen LogP contribution is -1.97. The summed E-state index contributed by atoms with van der Waals surface area (Å²) < 4.78 is 2.37. The summed E-state index contributed by atoms with van der Waals surface area (Å²) in [6.45, 7) is 3.24. The second-order valence-corrected chi connectivity index (χ2v) is 5.06. The smallest absolute Gasteiger partial charge is 0.0492 e. The monoisotopic (exact) mass is 253 g/mol. The third-order valence-corrected chi connectivity index (χ3v) is 3.65. The van der Waals surface area contributed by atoms with Crippen LogP contribution in [0.4, 0.5) is 11.4 Å². The van der Waals surface area contributed by atoms with Crippen molar-refractivity contribution in [3.8, 4) is 0 Å². The third-order valence-electron chi connectivity index (χ3n) is 3.65. The van der Waals surface area contributed by atoms with Crippen LogP contribution in [-0.4, -0.2) is 4.57 Å². The van der Waals surface area contributed by atoms with Crippen molar-refractivity contribution in [3.05, 3.63) is 36.4 Å². The average Bonchev–Trinajstić information content (AvgIpc) is 2.69. The van der Waals surface area contributed by atoms with Crippen molar-refractivity contribution in [2.75, 3.05) is 11.5 Å². The second-order valence-electron chi connectivity index (χ2n) is 5.06. The van der Waals surface area contributed by atoms with Gasteiger partial charge in [0.2, 0.25) is 0 Å². The van der Waals surface area contributed by atoms with Gasteiger partial charge in [-0.15, -0.1) is 0 Å². The zero-order valence-corrected chi connectivity index (χ0v) is 11.2. The normalized spacial score (nSPS) is 11.4. The van der Waals surface area contributed by atoms with Gasteiger partial charge in [0.25, 0.3) is 0 Å². The molecular formula is C16H19N3. The number of benzene rings is 2. The van der Waals surface area contributed by atoms with E-state index in [1.165, 1.54) is 34.6 Å². The molecule has 0 fully saturated rings. The summed E-state index contributed by atoms with van der Waals surface area (Å²) in [5, 5.41) is 2.39. The predicted octanol–water partition coefficient (Wildman–Crippen LogP) is 3.76. The first-order valence-corrected chi connectivity index (χ1v) is 6.77. The molecule has 0 unspecified atom stereocenters. The SMILES string of the molecule is CCCCn1c2ccc(N)cc2c2cc(N)ccc21. The summed E-state index contributed by atoms with van der Waals surface area (Å²) in [6.07, 6.45) is 2.36. The van der Waals surface area contributed by atoms with E-state index in [0.29, 0.717) is 0 Å². The maximum absolute atomic E-state index is 5.92. The molecule has 19 heavy (non-hydrogen) atoms. The Hall–Kier alpha value is -2.16. The summed E-state index contributed by atoms with van der Waals surface area (Å²) in [5.41, 5.74) is 15.9. The zero-order valence-electron chi connectivity index (χ0n) is 11.2. The van der Waals surface area contributed by atoms with Gasteiger partial charge in [-0.2, -0.15) is 0 Å². The molecule has 1 aromatic heterocycles. The minimum atomic E-state index is 0.796. The fourth-order valence-corrected chi connectivity index (χ4v) is 2.70. The molecule has 0 aliphatic carbocycles. The average molecular weight is 253 g/mol. The number of anilines is 2. The van der Waals surface area contributed by atoms with Crippen LogP contribution >= 0.6 is 0 Å². The first kappa shape index (κ1) is 11.9. The van der Waals surface area contributed by atoms with E-state index in [9.17, 15) is 0 Å². The van der Waals surface area contributed by atoms with Gasteiger partial charge in [0.15, 0.2) is 0 Å². The maximum atomic E-state index is 5.92. The van der Waals surface area contributed by atoms with E-state index in [4.69, 9.17) is 11.5 Å². The summed E-state index contributed by atoms with van der Waals surface area (Å²) in [7, 11) is 0. The molecule has 0 bridgehead atoms. The van der Waals surface area contributed by atoms with Gasteiger partial charge in [-0.1, -0.05) is 13.3 Å². The van der Waals surface area contributed by atoms with E-state index in [1.54, 1.807) is 0 Å². The number of unbranched alkanes of at least 4 members (excludes halogenated alkanes) is 1. The van der Waals surface area contributed by atoms with Gasteiger partial charge in [-0.3, -0.25) is 0 Å². The fraction of sp³-hybridized carbons (Fsp3) is 0.250. The van der Waals surface area contributed by atoms with Crippen LogP contribution in [-0.2, 0) is 6.54 Å². The molecule has 3 rings (SSSR count). The van der Waals surface area contributed by atoms with Crippen molar-refractivity contribution >= 4 is 33.2 Å². The second kappa shape index (κ2) is 4.50. The summed E-state index contributed by atoms with van der Waals surface area (Å²) in [4.78, 5) is 0. The molecule has 0 saturated carbocycles. The van der Waals surface area contributed by atoms with Gasteiger partial charge < -0.3 is 16.0 Å². The van der Waals surface area contributed by atoms with Crippen LogP contribution in [0.25, 0.3) is 21.8 Å². The Morgan fingerprint density at radius 2 is 1.42 bits per heavy atom. The molecule has 3 nitrogen and oxygen atoms in total. The van der Waals surface area contributed by atoms with Crippen LogP contribution in [0, 0.1) is 0 Å². The highest BCUT2D eigenvalue weighted by Crippen LogP contribution is 2.32. The summed E-state index contributed by atoms with van der Waals surface area (Å²) in [5.74, 6) is 0. The predicted molar refractivity (Wildman–Crippen MR) is 83.2 cm³/mol. The van der Waals surface area contributed by atoms with Crippen molar-refractivity contribution in [1.29, 1.82) is 0 Å².